The van der Waals surface area contributed by atoms with E-state index in [9.17, 15) is 4.79 Å². The fourth-order valence-electron chi connectivity index (χ4n) is 3.80. The van der Waals surface area contributed by atoms with Crippen LogP contribution in [0.4, 0.5) is 0 Å². The monoisotopic (exact) mass is 404 g/mol. The molecule has 31 heavy (non-hydrogen) atoms. The minimum Gasteiger partial charge on any atom is -0.423 e. The van der Waals surface area contributed by atoms with Crippen LogP contribution in [0, 0.1) is 0 Å². The van der Waals surface area contributed by atoms with E-state index in [0.717, 1.165) is 22.3 Å². The van der Waals surface area contributed by atoms with E-state index in [1.165, 1.54) is 0 Å². The first-order valence-corrected chi connectivity index (χ1v) is 10.4. The minimum atomic E-state index is -0.342. The van der Waals surface area contributed by atoms with Gasteiger partial charge in [-0.2, -0.15) is 0 Å². The van der Waals surface area contributed by atoms with Crippen LogP contribution in [-0.2, 0) is 4.79 Å². The third-order valence-electron chi connectivity index (χ3n) is 5.34. The predicted molar refractivity (Wildman–Crippen MR) is 126 cm³/mol. The van der Waals surface area contributed by atoms with Gasteiger partial charge in [0, 0.05) is 5.92 Å². The average Bonchev–Trinajstić information content (AvgIpc) is 2.84. The fourth-order valence-corrected chi connectivity index (χ4v) is 3.80. The first-order chi connectivity index (χ1) is 15.2. The van der Waals surface area contributed by atoms with Gasteiger partial charge >= 0.3 is 5.97 Å². The number of hydrogen-bond donors (Lipinski definition) is 0. The molecule has 0 aliphatic heterocycles. The fraction of sp³-hybridized carbons (Fsp3) is 0.0690. The van der Waals surface area contributed by atoms with Crippen molar-refractivity contribution in [1.82, 2.24) is 0 Å². The number of carbonyl (C=O) groups excluding carboxylic acids is 1. The molecule has 4 aromatic carbocycles. The lowest BCUT2D eigenvalue weighted by molar-refractivity contribution is -0.130. The molecule has 2 nitrogen and oxygen atoms in total. The van der Waals surface area contributed by atoms with Crippen LogP contribution in [0.25, 0.3) is 5.57 Å². The molecule has 2 heteroatoms. The zero-order chi connectivity index (χ0) is 21.5. The van der Waals surface area contributed by atoms with Gasteiger partial charge < -0.3 is 4.74 Å². The van der Waals surface area contributed by atoms with Crippen LogP contribution < -0.4 is 4.74 Å². The van der Waals surface area contributed by atoms with E-state index in [1.807, 2.05) is 91.9 Å². The van der Waals surface area contributed by atoms with Crippen molar-refractivity contribution in [2.45, 2.75) is 12.8 Å². The molecule has 0 N–H and O–H groups in total. The second kappa shape index (κ2) is 9.73. The van der Waals surface area contributed by atoms with E-state index in [1.54, 1.807) is 12.1 Å². The molecule has 0 aliphatic rings. The molecule has 152 valence electrons. The molecule has 0 unspecified atom stereocenters. The number of benzene rings is 4. The number of carbonyl (C=O) groups is 1. The van der Waals surface area contributed by atoms with Crippen molar-refractivity contribution in [1.29, 1.82) is 0 Å². The molecule has 0 radical (unpaired) electrons. The molecule has 0 saturated carbocycles. The van der Waals surface area contributed by atoms with Crippen LogP contribution in [0.2, 0.25) is 0 Å². The molecule has 0 saturated heterocycles. The highest BCUT2D eigenvalue weighted by atomic mass is 16.5. The zero-order valence-corrected chi connectivity index (χ0v) is 17.4. The molecule has 0 amide bonds. The van der Waals surface area contributed by atoms with Gasteiger partial charge in [-0.3, -0.25) is 0 Å². The minimum absolute atomic E-state index is 0.251. The van der Waals surface area contributed by atoms with Crippen LogP contribution in [0.3, 0.4) is 0 Å². The summed E-state index contributed by atoms with van der Waals surface area (Å²) in [7, 11) is 0. The lowest BCUT2D eigenvalue weighted by Crippen LogP contribution is -2.20. The van der Waals surface area contributed by atoms with Crippen molar-refractivity contribution in [2.24, 2.45) is 0 Å². The summed E-state index contributed by atoms with van der Waals surface area (Å²) < 4.78 is 5.85. The normalized spacial score (nSPS) is 11.7. The Hall–Kier alpha value is -3.91. The van der Waals surface area contributed by atoms with Crippen LogP contribution in [0.15, 0.2) is 127 Å². The van der Waals surface area contributed by atoms with Gasteiger partial charge in [0.2, 0.25) is 0 Å². The molecular formula is C29H24O2. The highest BCUT2D eigenvalue weighted by molar-refractivity contribution is 6.00. The number of hydrogen-bond acceptors (Lipinski definition) is 2. The maximum absolute atomic E-state index is 13.6. The predicted octanol–water partition coefficient (Wildman–Crippen LogP) is 6.90. The summed E-state index contributed by atoms with van der Waals surface area (Å²) in [6, 6.07) is 39.5. The molecule has 0 spiro atoms. The van der Waals surface area contributed by atoms with Crippen molar-refractivity contribution in [3.63, 3.8) is 0 Å². The summed E-state index contributed by atoms with van der Waals surface area (Å²) in [6.45, 7) is 2.00. The standard InChI is InChI=1S/C29H24O2/c1-22(23-14-6-2-7-15-23)27(29(30)31-26-20-12-5-13-21-26)28(24-16-8-3-9-17-24)25-18-10-4-11-19-25/h2-21,28H,1H3. The molecular weight excluding hydrogens is 380 g/mol. The van der Waals surface area contributed by atoms with E-state index >= 15 is 0 Å². The van der Waals surface area contributed by atoms with Gasteiger partial charge in [-0.15, -0.1) is 0 Å². The highest BCUT2D eigenvalue weighted by Crippen LogP contribution is 2.37. The molecule has 0 aromatic heterocycles. The Morgan fingerprint density at radius 3 is 1.52 bits per heavy atom. The van der Waals surface area contributed by atoms with Crippen molar-refractivity contribution >= 4 is 11.5 Å². The van der Waals surface area contributed by atoms with Crippen LogP contribution in [0.1, 0.15) is 29.5 Å². The Bertz CT molecular complexity index is 1110. The first kappa shape index (κ1) is 20.4. The lowest BCUT2D eigenvalue weighted by Gasteiger charge is -2.23. The van der Waals surface area contributed by atoms with Crippen LogP contribution >= 0.6 is 0 Å². The molecule has 0 heterocycles. The summed E-state index contributed by atoms with van der Waals surface area (Å²) in [6.07, 6.45) is 0. The average molecular weight is 405 g/mol. The van der Waals surface area contributed by atoms with E-state index in [0.29, 0.717) is 11.3 Å². The van der Waals surface area contributed by atoms with Crippen molar-refractivity contribution in [3.8, 4) is 5.75 Å². The molecule has 0 bridgehead atoms. The van der Waals surface area contributed by atoms with Crippen LogP contribution in [-0.4, -0.2) is 5.97 Å². The van der Waals surface area contributed by atoms with E-state index < -0.39 is 0 Å². The van der Waals surface area contributed by atoms with E-state index in [2.05, 4.69) is 24.3 Å². The number of esters is 1. The Morgan fingerprint density at radius 2 is 1.03 bits per heavy atom. The molecule has 0 fully saturated rings. The van der Waals surface area contributed by atoms with Gasteiger partial charge in [0.05, 0.1) is 5.57 Å². The maximum atomic E-state index is 13.6. The van der Waals surface area contributed by atoms with Crippen molar-refractivity contribution < 1.29 is 9.53 Å². The van der Waals surface area contributed by atoms with E-state index in [-0.39, 0.29) is 11.9 Å². The third-order valence-corrected chi connectivity index (χ3v) is 5.34. The second-order valence-electron chi connectivity index (χ2n) is 7.36. The molecule has 4 rings (SSSR count). The molecule has 4 aromatic rings. The summed E-state index contributed by atoms with van der Waals surface area (Å²) in [5.41, 5.74) is 4.62. The van der Waals surface area contributed by atoms with Gasteiger partial charge in [-0.05, 0) is 41.3 Å². The highest BCUT2D eigenvalue weighted by Gasteiger charge is 2.28. The smallest absolute Gasteiger partial charge is 0.340 e. The number of ether oxygens (including phenoxy) is 1. The van der Waals surface area contributed by atoms with Gasteiger partial charge in [-0.1, -0.05) is 109 Å². The topological polar surface area (TPSA) is 26.3 Å². The lowest BCUT2D eigenvalue weighted by atomic mass is 9.81. The van der Waals surface area contributed by atoms with Gasteiger partial charge in [0.25, 0.3) is 0 Å². The Kier molecular flexibility index (Phi) is 6.39. The largest absolute Gasteiger partial charge is 0.423 e. The molecule has 0 aliphatic carbocycles. The first-order valence-electron chi connectivity index (χ1n) is 10.4. The number of allylic oxidation sites excluding steroid dienone is 1. The summed E-state index contributed by atoms with van der Waals surface area (Å²) in [5, 5.41) is 0. The quantitative estimate of drug-likeness (QED) is 0.198. The van der Waals surface area contributed by atoms with Gasteiger partial charge in [0.15, 0.2) is 0 Å². The van der Waals surface area contributed by atoms with E-state index in [4.69, 9.17) is 4.74 Å². The van der Waals surface area contributed by atoms with Gasteiger partial charge in [0.1, 0.15) is 5.75 Å². The van der Waals surface area contributed by atoms with Gasteiger partial charge in [-0.25, -0.2) is 4.79 Å². The molecule has 0 atom stereocenters. The summed E-state index contributed by atoms with van der Waals surface area (Å²) >= 11 is 0. The second-order valence-corrected chi connectivity index (χ2v) is 7.36. The summed E-state index contributed by atoms with van der Waals surface area (Å²) in [5.74, 6) is -0.0604. The number of para-hydroxylation sites is 1. The number of rotatable bonds is 6. The van der Waals surface area contributed by atoms with Crippen molar-refractivity contribution in [2.75, 3.05) is 0 Å². The Morgan fingerprint density at radius 1 is 0.613 bits per heavy atom. The maximum Gasteiger partial charge on any atom is 0.340 e. The Balaban J connectivity index is 1.90. The third kappa shape index (κ3) is 4.81. The zero-order valence-electron chi connectivity index (χ0n) is 17.4. The summed E-state index contributed by atoms with van der Waals surface area (Å²) in [4.78, 5) is 13.6. The van der Waals surface area contributed by atoms with Crippen LogP contribution in [0.5, 0.6) is 5.75 Å². The van der Waals surface area contributed by atoms with Crippen molar-refractivity contribution in [3.05, 3.63) is 144 Å². The Labute approximate surface area is 183 Å². The SMILES string of the molecule is CC(=C(C(=O)Oc1ccccc1)C(c1ccccc1)c1ccccc1)c1ccccc1.